The van der Waals surface area contributed by atoms with Gasteiger partial charge in [-0.15, -0.1) is 0 Å². The maximum absolute atomic E-state index is 12.3. The largest absolute Gasteiger partial charge is 0.478 e. The van der Waals surface area contributed by atoms with Crippen molar-refractivity contribution in [2.75, 3.05) is 31.3 Å². The number of hydrogen-bond acceptors (Lipinski definition) is 6. The monoisotopic (exact) mass is 336 g/mol. The van der Waals surface area contributed by atoms with Gasteiger partial charge in [0, 0.05) is 19.8 Å². The number of nitrogens with two attached hydrogens (primary N) is 1. The number of carbonyl (C=O) groups is 1. The maximum atomic E-state index is 12.3. The zero-order chi connectivity index (χ0) is 16.4. The third kappa shape index (κ3) is 4.41. The van der Waals surface area contributed by atoms with Gasteiger partial charge in [0.25, 0.3) is 0 Å². The molecule has 1 rings (SSSR count). The molecule has 0 radical (unpaired) electrons. The number of carboxylic acid groups (broad SMARTS) is 1. The quantitative estimate of drug-likeness (QED) is 0.677. The Hall–Kier alpha value is -1.65. The molecule has 0 bridgehead atoms. The van der Waals surface area contributed by atoms with Crippen LogP contribution >= 0.6 is 0 Å². The smallest absolute Gasteiger partial charge is 0.335 e. The summed E-state index contributed by atoms with van der Waals surface area (Å²) in [6, 6.07) is 3.25. The minimum absolute atomic E-state index is 0.134. The van der Waals surface area contributed by atoms with Gasteiger partial charge >= 0.3 is 5.97 Å². The van der Waals surface area contributed by atoms with Crippen LogP contribution in [-0.2, 0) is 19.9 Å². The Bertz CT molecular complexity index is 755. The highest BCUT2D eigenvalue weighted by Gasteiger charge is 2.24. The normalized spacial score (nSPS) is 12.5. The average Bonchev–Trinajstić information content (AvgIpc) is 2.34. The molecule has 1 aromatic carbocycles. The number of sulfonamides is 1. The molecule has 0 aliphatic carbocycles. The van der Waals surface area contributed by atoms with Crippen LogP contribution in [0.4, 0.5) is 5.69 Å². The third-order valence-corrected chi connectivity index (χ3v) is 5.58. The van der Waals surface area contributed by atoms with Crippen molar-refractivity contribution < 1.29 is 26.7 Å². The lowest BCUT2D eigenvalue weighted by Gasteiger charge is -2.18. The average molecular weight is 336 g/mol. The topological polar surface area (TPSA) is 135 Å². The predicted molar refractivity (Wildman–Crippen MR) is 77.3 cm³/mol. The van der Waals surface area contributed by atoms with Crippen LogP contribution in [-0.4, -0.2) is 57.8 Å². The number of nitrogens with zero attached hydrogens (tertiary/aromatic N) is 1. The maximum Gasteiger partial charge on any atom is 0.335 e. The molecule has 0 aliphatic rings. The second-order valence-corrected chi connectivity index (χ2v) is 8.79. The van der Waals surface area contributed by atoms with Crippen molar-refractivity contribution in [3.63, 3.8) is 0 Å². The summed E-state index contributed by atoms with van der Waals surface area (Å²) in [5.41, 5.74) is 5.24. The zero-order valence-electron chi connectivity index (χ0n) is 11.5. The zero-order valence-corrected chi connectivity index (χ0v) is 13.1. The Balaban J connectivity index is 3.10. The molecule has 10 heteroatoms. The highest BCUT2D eigenvalue weighted by molar-refractivity contribution is 7.91. The van der Waals surface area contributed by atoms with Crippen LogP contribution in [0, 0.1) is 0 Å². The van der Waals surface area contributed by atoms with Crippen molar-refractivity contribution in [2.24, 2.45) is 0 Å². The molecule has 0 heterocycles. The summed E-state index contributed by atoms with van der Waals surface area (Å²) in [5.74, 6) is -1.55. The molecule has 3 N–H and O–H groups in total. The minimum Gasteiger partial charge on any atom is -0.478 e. The van der Waals surface area contributed by atoms with Gasteiger partial charge < -0.3 is 10.8 Å². The molecular weight excluding hydrogens is 320 g/mol. The Morgan fingerprint density at radius 3 is 2.29 bits per heavy atom. The summed E-state index contributed by atoms with van der Waals surface area (Å²) in [6.45, 7) is -0.221. The van der Waals surface area contributed by atoms with E-state index in [9.17, 15) is 21.6 Å². The van der Waals surface area contributed by atoms with Crippen molar-refractivity contribution in [2.45, 2.75) is 4.90 Å². The lowest BCUT2D eigenvalue weighted by molar-refractivity contribution is 0.0697. The summed E-state index contributed by atoms with van der Waals surface area (Å²) in [4.78, 5) is 10.5. The predicted octanol–water partition coefficient (Wildman–Crippen LogP) is -0.368. The van der Waals surface area contributed by atoms with E-state index in [1.165, 1.54) is 7.05 Å². The number of benzene rings is 1. The van der Waals surface area contributed by atoms with Gasteiger partial charge in [0.1, 0.15) is 14.7 Å². The van der Waals surface area contributed by atoms with E-state index in [0.717, 1.165) is 28.8 Å². The lowest BCUT2D eigenvalue weighted by Crippen LogP contribution is -2.32. The van der Waals surface area contributed by atoms with E-state index in [1.807, 2.05) is 0 Å². The molecule has 0 saturated carbocycles. The molecular formula is C11H16N2O6S2. The molecule has 0 amide bonds. The first-order valence-corrected chi connectivity index (χ1v) is 9.22. The second-order valence-electron chi connectivity index (χ2n) is 4.51. The van der Waals surface area contributed by atoms with Gasteiger partial charge in [-0.3, -0.25) is 0 Å². The molecule has 0 aliphatic heterocycles. The van der Waals surface area contributed by atoms with Gasteiger partial charge in [0.05, 0.1) is 17.0 Å². The summed E-state index contributed by atoms with van der Waals surface area (Å²) < 4.78 is 47.5. The Morgan fingerprint density at radius 2 is 1.86 bits per heavy atom. The first kappa shape index (κ1) is 17.4. The first-order chi connectivity index (χ1) is 9.45. The van der Waals surface area contributed by atoms with Crippen LogP contribution in [0.1, 0.15) is 10.4 Å². The van der Waals surface area contributed by atoms with E-state index < -0.39 is 25.8 Å². The van der Waals surface area contributed by atoms with Crippen LogP contribution in [0.5, 0.6) is 0 Å². The van der Waals surface area contributed by atoms with Crippen LogP contribution in [0.3, 0.4) is 0 Å². The molecule has 21 heavy (non-hydrogen) atoms. The first-order valence-electron chi connectivity index (χ1n) is 5.72. The Morgan fingerprint density at radius 1 is 1.29 bits per heavy atom. The fourth-order valence-electron chi connectivity index (χ4n) is 1.50. The molecule has 0 unspecified atom stereocenters. The van der Waals surface area contributed by atoms with E-state index in [-0.39, 0.29) is 28.4 Å². The molecule has 0 saturated heterocycles. The highest BCUT2D eigenvalue weighted by atomic mass is 32.2. The molecule has 0 aromatic heterocycles. The van der Waals surface area contributed by atoms with Gasteiger partial charge in [0.15, 0.2) is 0 Å². The number of anilines is 1. The summed E-state index contributed by atoms with van der Waals surface area (Å²) in [6.07, 6.45) is 1.00. The number of carboxylic acids is 1. The van der Waals surface area contributed by atoms with E-state index >= 15 is 0 Å². The number of sulfone groups is 1. The van der Waals surface area contributed by atoms with Crippen LogP contribution in [0.25, 0.3) is 0 Å². The highest BCUT2D eigenvalue weighted by Crippen LogP contribution is 2.22. The van der Waals surface area contributed by atoms with Gasteiger partial charge in [-0.2, -0.15) is 4.31 Å². The van der Waals surface area contributed by atoms with Crippen LogP contribution < -0.4 is 5.73 Å². The van der Waals surface area contributed by atoms with Gasteiger partial charge in [-0.1, -0.05) is 0 Å². The molecule has 1 aromatic rings. The number of nitrogen functional groups attached to an aromatic ring is 1. The second kappa shape index (κ2) is 6.00. The SMILES string of the molecule is CN(CCS(C)(=O)=O)S(=O)(=O)c1ccc(C(=O)O)cc1N. The van der Waals surface area contributed by atoms with Gasteiger partial charge in [-0.25, -0.2) is 21.6 Å². The lowest BCUT2D eigenvalue weighted by atomic mass is 10.2. The third-order valence-electron chi connectivity index (χ3n) is 2.72. The van der Waals surface area contributed by atoms with Crippen LogP contribution in [0.15, 0.2) is 23.1 Å². The number of hydrogen-bond donors (Lipinski definition) is 2. The van der Waals surface area contributed by atoms with Crippen molar-refractivity contribution in [3.8, 4) is 0 Å². The Kier molecular flexibility index (Phi) is 4.97. The summed E-state index contributed by atoms with van der Waals surface area (Å²) >= 11 is 0. The molecule has 0 spiro atoms. The summed E-state index contributed by atoms with van der Waals surface area (Å²) in [5, 5.41) is 8.80. The van der Waals surface area contributed by atoms with Gasteiger partial charge in [0.2, 0.25) is 10.0 Å². The minimum atomic E-state index is -3.98. The van der Waals surface area contributed by atoms with E-state index in [0.29, 0.717) is 0 Å². The van der Waals surface area contributed by atoms with Crippen molar-refractivity contribution >= 4 is 31.5 Å². The number of rotatable bonds is 6. The molecule has 8 nitrogen and oxygen atoms in total. The summed E-state index contributed by atoms with van der Waals surface area (Å²) in [7, 11) is -6.06. The molecule has 118 valence electrons. The van der Waals surface area contributed by atoms with Gasteiger partial charge in [-0.05, 0) is 18.2 Å². The fraction of sp³-hybridized carbons (Fsp3) is 0.364. The fourth-order valence-corrected chi connectivity index (χ4v) is 3.48. The van der Waals surface area contributed by atoms with E-state index in [1.54, 1.807) is 0 Å². The molecule has 0 atom stereocenters. The molecule has 0 fully saturated rings. The van der Waals surface area contributed by atoms with Crippen molar-refractivity contribution in [3.05, 3.63) is 23.8 Å². The Labute approximate surface area is 123 Å². The van der Waals surface area contributed by atoms with E-state index in [2.05, 4.69) is 0 Å². The standard InChI is InChI=1S/C11H16N2O6S2/c1-13(5-6-20(2,16)17)21(18,19)10-4-3-8(11(14)15)7-9(10)12/h3-4,7H,5-6,12H2,1-2H3,(H,14,15). The van der Waals surface area contributed by atoms with E-state index in [4.69, 9.17) is 10.8 Å². The van der Waals surface area contributed by atoms with Crippen LogP contribution in [0.2, 0.25) is 0 Å². The van der Waals surface area contributed by atoms with Crippen molar-refractivity contribution in [1.82, 2.24) is 4.31 Å². The number of aromatic carboxylic acids is 1. The van der Waals surface area contributed by atoms with Crippen molar-refractivity contribution in [1.29, 1.82) is 0 Å².